The SMILES string of the molecule is COC(=O)[C@H](C)N(CC(=O)N(CCc1c[nH]c2ccccc12)Cc1ccc(Cl)c(Cl)c1)CC(C)C. The molecule has 0 aliphatic rings. The highest BCUT2D eigenvalue weighted by atomic mass is 35.5. The lowest BCUT2D eigenvalue weighted by molar-refractivity contribution is -0.147. The van der Waals surface area contributed by atoms with Crippen LogP contribution in [0.15, 0.2) is 48.7 Å². The largest absolute Gasteiger partial charge is 0.468 e. The van der Waals surface area contributed by atoms with Crippen LogP contribution in [-0.2, 0) is 27.3 Å². The molecule has 6 nitrogen and oxygen atoms in total. The van der Waals surface area contributed by atoms with E-state index in [1.165, 1.54) is 7.11 Å². The zero-order valence-corrected chi connectivity index (χ0v) is 22.2. The van der Waals surface area contributed by atoms with Crippen LogP contribution in [0.25, 0.3) is 10.9 Å². The van der Waals surface area contributed by atoms with Crippen LogP contribution in [-0.4, -0.2) is 59.4 Å². The molecule has 188 valence electrons. The fourth-order valence-electron chi connectivity index (χ4n) is 4.17. The van der Waals surface area contributed by atoms with Crippen molar-refractivity contribution in [2.45, 2.75) is 39.8 Å². The van der Waals surface area contributed by atoms with Crippen LogP contribution in [0.1, 0.15) is 31.9 Å². The average molecular weight is 518 g/mol. The molecule has 3 rings (SSSR count). The van der Waals surface area contributed by atoms with Gasteiger partial charge in [0.05, 0.1) is 23.7 Å². The minimum absolute atomic E-state index is 0.0627. The highest BCUT2D eigenvalue weighted by molar-refractivity contribution is 6.42. The van der Waals surface area contributed by atoms with E-state index in [0.29, 0.717) is 36.1 Å². The summed E-state index contributed by atoms with van der Waals surface area (Å²) in [4.78, 5) is 32.8. The number of nitrogens with zero attached hydrogens (tertiary/aromatic N) is 2. The maximum atomic E-state index is 13.6. The van der Waals surface area contributed by atoms with Gasteiger partial charge in [0.25, 0.3) is 0 Å². The van der Waals surface area contributed by atoms with Gasteiger partial charge in [-0.25, -0.2) is 0 Å². The van der Waals surface area contributed by atoms with E-state index < -0.39 is 6.04 Å². The van der Waals surface area contributed by atoms with E-state index >= 15 is 0 Å². The summed E-state index contributed by atoms with van der Waals surface area (Å²) >= 11 is 12.3. The minimum atomic E-state index is -0.521. The summed E-state index contributed by atoms with van der Waals surface area (Å²) in [6, 6.07) is 13.0. The van der Waals surface area contributed by atoms with E-state index in [-0.39, 0.29) is 24.3 Å². The van der Waals surface area contributed by atoms with Gasteiger partial charge in [-0.1, -0.05) is 61.3 Å². The van der Waals surface area contributed by atoms with Crippen molar-refractivity contribution >= 4 is 46.0 Å². The Morgan fingerprint density at radius 2 is 1.80 bits per heavy atom. The van der Waals surface area contributed by atoms with Gasteiger partial charge in [-0.3, -0.25) is 14.5 Å². The predicted octanol–water partition coefficient (Wildman–Crippen LogP) is 5.57. The third-order valence-electron chi connectivity index (χ3n) is 6.06. The highest BCUT2D eigenvalue weighted by Crippen LogP contribution is 2.24. The Hall–Kier alpha value is -2.54. The number of nitrogens with one attached hydrogen (secondary N) is 1. The molecule has 3 aromatic rings. The van der Waals surface area contributed by atoms with Crippen molar-refractivity contribution in [1.82, 2.24) is 14.8 Å². The normalized spacial score (nSPS) is 12.3. The molecule has 2 aromatic carbocycles. The predicted molar refractivity (Wildman–Crippen MR) is 142 cm³/mol. The van der Waals surface area contributed by atoms with Gasteiger partial charge in [-0.2, -0.15) is 0 Å². The van der Waals surface area contributed by atoms with Crippen molar-refractivity contribution in [3.8, 4) is 0 Å². The lowest BCUT2D eigenvalue weighted by atomic mass is 10.1. The van der Waals surface area contributed by atoms with Crippen LogP contribution < -0.4 is 0 Å². The van der Waals surface area contributed by atoms with Gasteiger partial charge in [0.15, 0.2) is 0 Å². The number of fused-ring (bicyclic) bond motifs is 1. The molecule has 35 heavy (non-hydrogen) atoms. The Labute approximate surface area is 217 Å². The first-order valence-corrected chi connectivity index (χ1v) is 12.5. The Morgan fingerprint density at radius 1 is 1.06 bits per heavy atom. The van der Waals surface area contributed by atoms with Crippen molar-refractivity contribution in [1.29, 1.82) is 0 Å². The Balaban J connectivity index is 1.82. The van der Waals surface area contributed by atoms with Gasteiger partial charge in [0.1, 0.15) is 6.04 Å². The lowest BCUT2D eigenvalue weighted by Crippen LogP contribution is -2.48. The van der Waals surface area contributed by atoms with Gasteiger partial charge in [-0.15, -0.1) is 0 Å². The lowest BCUT2D eigenvalue weighted by Gasteiger charge is -2.31. The molecule has 0 aliphatic carbocycles. The van der Waals surface area contributed by atoms with Gasteiger partial charge in [0.2, 0.25) is 5.91 Å². The smallest absolute Gasteiger partial charge is 0.322 e. The maximum Gasteiger partial charge on any atom is 0.322 e. The maximum absolute atomic E-state index is 13.6. The number of esters is 1. The first kappa shape index (κ1) is 27.1. The van der Waals surface area contributed by atoms with Crippen LogP contribution in [0.4, 0.5) is 0 Å². The zero-order chi connectivity index (χ0) is 25.5. The van der Waals surface area contributed by atoms with Gasteiger partial charge < -0.3 is 14.6 Å². The van der Waals surface area contributed by atoms with Gasteiger partial charge >= 0.3 is 5.97 Å². The van der Waals surface area contributed by atoms with Gasteiger partial charge in [-0.05, 0) is 48.6 Å². The van der Waals surface area contributed by atoms with E-state index in [4.69, 9.17) is 27.9 Å². The summed E-state index contributed by atoms with van der Waals surface area (Å²) in [5.74, 6) is -0.134. The van der Waals surface area contributed by atoms with Crippen molar-refractivity contribution in [3.63, 3.8) is 0 Å². The number of hydrogen-bond acceptors (Lipinski definition) is 4. The number of aromatic amines is 1. The number of carbonyl (C=O) groups excluding carboxylic acids is 2. The summed E-state index contributed by atoms with van der Waals surface area (Å²) in [6.07, 6.45) is 2.69. The van der Waals surface area contributed by atoms with E-state index in [1.54, 1.807) is 19.1 Å². The molecular weight excluding hydrogens is 485 g/mol. The number of benzene rings is 2. The molecule has 0 bridgehead atoms. The number of halogens is 2. The number of hydrogen-bond donors (Lipinski definition) is 1. The van der Waals surface area contributed by atoms with E-state index in [0.717, 1.165) is 22.0 Å². The summed E-state index contributed by atoms with van der Waals surface area (Å²) in [5, 5.41) is 2.08. The first-order chi connectivity index (χ1) is 16.7. The molecule has 0 radical (unpaired) electrons. The molecule has 0 unspecified atom stereocenters. The van der Waals surface area contributed by atoms with Crippen LogP contribution in [0, 0.1) is 5.92 Å². The molecular formula is C27H33Cl2N3O3. The second kappa shape index (κ2) is 12.4. The van der Waals surface area contributed by atoms with E-state index in [1.807, 2.05) is 40.3 Å². The third kappa shape index (κ3) is 7.23. The summed E-state index contributed by atoms with van der Waals surface area (Å²) in [6.45, 7) is 7.52. The number of aromatic nitrogens is 1. The summed E-state index contributed by atoms with van der Waals surface area (Å²) in [5.41, 5.74) is 3.11. The van der Waals surface area contributed by atoms with Gasteiger partial charge in [0, 0.05) is 36.7 Å². The molecule has 1 heterocycles. The second-order valence-electron chi connectivity index (χ2n) is 9.20. The minimum Gasteiger partial charge on any atom is -0.468 e. The topological polar surface area (TPSA) is 65.6 Å². The molecule has 0 aliphatic heterocycles. The number of methoxy groups -OCH3 is 1. The number of para-hydroxylation sites is 1. The number of rotatable bonds is 11. The molecule has 1 aromatic heterocycles. The number of carbonyl (C=O) groups is 2. The number of ether oxygens (including phenoxy) is 1. The molecule has 0 fully saturated rings. The Bertz CT molecular complexity index is 1160. The second-order valence-corrected chi connectivity index (χ2v) is 10.0. The van der Waals surface area contributed by atoms with Crippen molar-refractivity contribution in [2.24, 2.45) is 5.92 Å². The quantitative estimate of drug-likeness (QED) is 0.338. The molecule has 1 N–H and O–H groups in total. The number of H-pyrrole nitrogens is 1. The Kier molecular flexibility index (Phi) is 9.61. The van der Waals surface area contributed by atoms with Crippen LogP contribution >= 0.6 is 23.2 Å². The monoisotopic (exact) mass is 517 g/mol. The van der Waals surface area contributed by atoms with Crippen molar-refractivity contribution in [2.75, 3.05) is 26.7 Å². The average Bonchev–Trinajstić information content (AvgIpc) is 3.25. The molecule has 0 saturated heterocycles. The molecule has 0 spiro atoms. The fourth-order valence-corrected chi connectivity index (χ4v) is 4.49. The van der Waals surface area contributed by atoms with Crippen LogP contribution in [0.5, 0.6) is 0 Å². The molecule has 1 amide bonds. The van der Waals surface area contributed by atoms with E-state index in [9.17, 15) is 9.59 Å². The third-order valence-corrected chi connectivity index (χ3v) is 6.80. The first-order valence-electron chi connectivity index (χ1n) is 11.8. The van der Waals surface area contributed by atoms with Crippen molar-refractivity contribution in [3.05, 3.63) is 69.8 Å². The summed E-state index contributed by atoms with van der Waals surface area (Å²) < 4.78 is 4.94. The molecule has 8 heteroatoms. The fraction of sp³-hybridized carbons (Fsp3) is 0.407. The molecule has 0 saturated carbocycles. The zero-order valence-electron chi connectivity index (χ0n) is 20.7. The standard InChI is InChI=1S/C27H33Cl2N3O3/c1-18(2)15-32(19(3)27(34)35-4)17-26(33)31(16-20-9-10-23(28)24(29)13-20)12-11-21-14-30-25-8-6-5-7-22(21)25/h5-10,13-14,18-19,30H,11-12,15-17H2,1-4H3/t19-/m0/s1. The van der Waals surface area contributed by atoms with Crippen molar-refractivity contribution < 1.29 is 14.3 Å². The Morgan fingerprint density at radius 3 is 2.49 bits per heavy atom. The molecule has 1 atom stereocenters. The van der Waals surface area contributed by atoms with Crippen LogP contribution in [0.3, 0.4) is 0 Å². The van der Waals surface area contributed by atoms with Crippen LogP contribution in [0.2, 0.25) is 10.0 Å². The number of amides is 1. The summed E-state index contributed by atoms with van der Waals surface area (Å²) in [7, 11) is 1.37. The highest BCUT2D eigenvalue weighted by Gasteiger charge is 2.27. The van der Waals surface area contributed by atoms with E-state index in [2.05, 4.69) is 24.9 Å².